The average Bonchev–Trinajstić information content (AvgIpc) is 3.34. The van der Waals surface area contributed by atoms with Gasteiger partial charge in [0.25, 0.3) is 0 Å². The molecule has 224 valence electrons. The number of aryl methyl sites for hydroxylation is 3. The topological polar surface area (TPSA) is 127 Å². The van der Waals surface area contributed by atoms with E-state index in [1.807, 2.05) is 76.6 Å². The maximum atomic E-state index is 12.9. The number of hydrogen-bond donors (Lipinski definition) is 3. The first-order chi connectivity index (χ1) is 19.9. The van der Waals surface area contributed by atoms with E-state index >= 15 is 0 Å². The van der Waals surface area contributed by atoms with Crippen molar-refractivity contribution in [2.75, 3.05) is 6.54 Å². The number of fused-ring (bicyclic) bond motifs is 2. The second-order valence-corrected chi connectivity index (χ2v) is 13.7. The lowest BCUT2D eigenvalue weighted by Gasteiger charge is -2.42. The molecular formula is C32H41N5O4S. The summed E-state index contributed by atoms with van der Waals surface area (Å²) in [6.07, 6.45) is 0.523. The highest BCUT2D eigenvalue weighted by Crippen LogP contribution is 2.57. The number of ether oxygens (including phenoxy) is 1. The third-order valence-corrected chi connectivity index (χ3v) is 10.6. The molecule has 0 aliphatic carbocycles. The van der Waals surface area contributed by atoms with E-state index in [0.29, 0.717) is 30.3 Å². The van der Waals surface area contributed by atoms with Crippen LogP contribution in [0.3, 0.4) is 0 Å². The molecule has 0 saturated carbocycles. The highest BCUT2D eigenvalue weighted by atomic mass is 32.3. The molecule has 0 radical (unpaired) electrons. The third-order valence-electron chi connectivity index (χ3n) is 8.66. The molecule has 5 rings (SSSR count). The van der Waals surface area contributed by atoms with Crippen LogP contribution in [0, 0.1) is 19.3 Å². The van der Waals surface area contributed by atoms with Crippen LogP contribution in [0.25, 0.3) is 11.0 Å². The van der Waals surface area contributed by atoms with E-state index in [1.165, 1.54) is 0 Å². The first-order valence-corrected chi connectivity index (χ1v) is 15.9. The predicted molar refractivity (Wildman–Crippen MR) is 167 cm³/mol. The SMILES string of the molecule is CC[C@@H]1CN(Cc2cc([C@@H](c3ccc4c(nnn4CC)c3C)C(C)(C)C(N)=O)ccc2C)S(O)(O)c2ccccc2O1. The number of aromatic nitrogens is 3. The van der Waals surface area contributed by atoms with Crippen molar-refractivity contribution in [3.63, 3.8) is 0 Å². The molecule has 3 aromatic carbocycles. The van der Waals surface area contributed by atoms with Crippen LogP contribution in [-0.2, 0) is 17.9 Å². The fourth-order valence-corrected chi connectivity index (χ4v) is 7.53. The highest BCUT2D eigenvalue weighted by molar-refractivity contribution is 8.22. The standard InChI is InChI=1S/C32H41N5O4S/c1-7-24-19-36(42(39,40)28-12-10-9-11-27(28)41-24)18-23-17-22(14-13-20(23)3)29(32(5,6)31(33)38)25-15-16-26-30(21(25)4)34-35-37(26)8-2/h9-17,24,29,39-40H,7-8,18-19H2,1-6H3,(H2,33,38)/t24-,29+/m1/s1. The lowest BCUT2D eigenvalue weighted by atomic mass is 9.69. The van der Waals surface area contributed by atoms with Gasteiger partial charge in [-0.05, 0) is 73.2 Å². The zero-order valence-electron chi connectivity index (χ0n) is 25.2. The van der Waals surface area contributed by atoms with E-state index in [-0.39, 0.29) is 12.0 Å². The molecule has 0 fully saturated rings. The summed E-state index contributed by atoms with van der Waals surface area (Å²) >= 11 is 0. The molecule has 10 heteroatoms. The minimum Gasteiger partial charge on any atom is -0.487 e. The minimum atomic E-state index is -3.32. The number of carbonyl (C=O) groups excluding carboxylic acids is 1. The summed E-state index contributed by atoms with van der Waals surface area (Å²) in [6, 6.07) is 17.3. The summed E-state index contributed by atoms with van der Waals surface area (Å²) in [7, 11) is -3.32. The van der Waals surface area contributed by atoms with Crippen LogP contribution >= 0.6 is 10.8 Å². The summed E-state index contributed by atoms with van der Waals surface area (Å²) in [5.41, 5.74) is 11.6. The largest absolute Gasteiger partial charge is 0.487 e. The van der Waals surface area contributed by atoms with Gasteiger partial charge in [-0.25, -0.2) is 4.68 Å². The summed E-state index contributed by atoms with van der Waals surface area (Å²) < 4.78 is 32.9. The lowest BCUT2D eigenvalue weighted by Crippen LogP contribution is -2.38. The third kappa shape index (κ3) is 5.17. The molecule has 2 heterocycles. The Morgan fingerprint density at radius 3 is 2.57 bits per heavy atom. The predicted octanol–water partition coefficient (Wildman–Crippen LogP) is 6.41. The maximum Gasteiger partial charge on any atom is 0.224 e. The fourth-order valence-electron chi connectivity index (χ4n) is 5.92. The van der Waals surface area contributed by atoms with Crippen molar-refractivity contribution < 1.29 is 18.6 Å². The number of benzene rings is 3. The van der Waals surface area contributed by atoms with Gasteiger partial charge in [-0.1, -0.05) is 62.4 Å². The van der Waals surface area contributed by atoms with E-state index in [9.17, 15) is 13.9 Å². The Balaban J connectivity index is 1.61. The van der Waals surface area contributed by atoms with Gasteiger partial charge in [-0.2, -0.15) is 4.31 Å². The van der Waals surface area contributed by atoms with Crippen LogP contribution in [-0.4, -0.2) is 47.0 Å². The number of nitrogens with two attached hydrogens (primary N) is 1. The molecule has 0 bridgehead atoms. The summed E-state index contributed by atoms with van der Waals surface area (Å²) in [4.78, 5) is 13.3. The fraction of sp³-hybridized carbons (Fsp3) is 0.406. The molecule has 0 saturated heterocycles. The normalized spacial score (nSPS) is 18.6. The van der Waals surface area contributed by atoms with Crippen molar-refractivity contribution in [2.45, 2.75) is 78.0 Å². The number of para-hydroxylation sites is 1. The number of amides is 1. The second-order valence-electron chi connectivity index (χ2n) is 11.7. The van der Waals surface area contributed by atoms with E-state index in [2.05, 4.69) is 16.4 Å². The van der Waals surface area contributed by atoms with Gasteiger partial charge in [-0.15, -0.1) is 15.9 Å². The van der Waals surface area contributed by atoms with Gasteiger partial charge in [0.1, 0.15) is 22.3 Å². The second kappa shape index (κ2) is 11.3. The maximum absolute atomic E-state index is 12.9. The first-order valence-electron chi connectivity index (χ1n) is 14.4. The molecule has 1 aromatic heterocycles. The zero-order chi connectivity index (χ0) is 30.4. The number of carbonyl (C=O) groups is 1. The Morgan fingerprint density at radius 2 is 1.88 bits per heavy atom. The van der Waals surface area contributed by atoms with Crippen LogP contribution < -0.4 is 10.5 Å². The molecule has 1 aliphatic heterocycles. The van der Waals surface area contributed by atoms with Crippen molar-refractivity contribution in [3.05, 3.63) is 82.4 Å². The molecule has 2 atom stereocenters. The van der Waals surface area contributed by atoms with E-state index in [1.54, 1.807) is 22.5 Å². The molecule has 42 heavy (non-hydrogen) atoms. The van der Waals surface area contributed by atoms with Gasteiger partial charge >= 0.3 is 0 Å². The monoisotopic (exact) mass is 591 g/mol. The molecule has 0 unspecified atom stereocenters. The van der Waals surface area contributed by atoms with Gasteiger partial charge in [0, 0.05) is 19.0 Å². The summed E-state index contributed by atoms with van der Waals surface area (Å²) in [6.45, 7) is 13.2. The lowest BCUT2D eigenvalue weighted by molar-refractivity contribution is -0.126. The Morgan fingerprint density at radius 1 is 1.14 bits per heavy atom. The molecular weight excluding hydrogens is 550 g/mol. The zero-order valence-corrected chi connectivity index (χ0v) is 26.0. The van der Waals surface area contributed by atoms with Crippen molar-refractivity contribution >= 4 is 27.7 Å². The molecule has 1 aliphatic rings. The van der Waals surface area contributed by atoms with Gasteiger partial charge in [0.05, 0.1) is 17.5 Å². The van der Waals surface area contributed by atoms with Crippen LogP contribution in [0.15, 0.2) is 59.5 Å². The van der Waals surface area contributed by atoms with Crippen LogP contribution in [0.5, 0.6) is 5.75 Å². The molecule has 1 amide bonds. The Hall–Kier alpha value is -3.44. The quantitative estimate of drug-likeness (QED) is 0.216. The molecule has 4 aromatic rings. The number of hydrogen-bond acceptors (Lipinski definition) is 7. The van der Waals surface area contributed by atoms with Gasteiger partial charge in [0.2, 0.25) is 5.91 Å². The summed E-state index contributed by atoms with van der Waals surface area (Å²) in [5.74, 6) is -0.276. The van der Waals surface area contributed by atoms with Crippen LogP contribution in [0.4, 0.5) is 0 Å². The van der Waals surface area contributed by atoms with Gasteiger partial charge in [-0.3, -0.25) is 13.9 Å². The van der Waals surface area contributed by atoms with Crippen molar-refractivity contribution in [2.24, 2.45) is 11.1 Å². The Kier molecular flexibility index (Phi) is 8.10. The van der Waals surface area contributed by atoms with E-state index < -0.39 is 22.1 Å². The summed E-state index contributed by atoms with van der Waals surface area (Å²) in [5, 5.41) is 8.75. The molecule has 9 nitrogen and oxygen atoms in total. The Bertz CT molecular complexity index is 1630. The van der Waals surface area contributed by atoms with Gasteiger partial charge < -0.3 is 10.5 Å². The van der Waals surface area contributed by atoms with Crippen LogP contribution in [0.1, 0.15) is 67.9 Å². The van der Waals surface area contributed by atoms with Crippen LogP contribution in [0.2, 0.25) is 0 Å². The highest BCUT2D eigenvalue weighted by Gasteiger charge is 2.39. The van der Waals surface area contributed by atoms with Crippen molar-refractivity contribution in [3.8, 4) is 5.75 Å². The van der Waals surface area contributed by atoms with E-state index in [0.717, 1.165) is 45.3 Å². The molecule has 4 N–H and O–H groups in total. The van der Waals surface area contributed by atoms with E-state index in [4.69, 9.17) is 10.5 Å². The molecule has 0 spiro atoms. The van der Waals surface area contributed by atoms with Crippen molar-refractivity contribution in [1.82, 2.24) is 19.3 Å². The minimum absolute atomic E-state index is 0.198. The van der Waals surface area contributed by atoms with Gasteiger partial charge in [0.15, 0.2) is 0 Å². The van der Waals surface area contributed by atoms with Crippen molar-refractivity contribution in [1.29, 1.82) is 0 Å². The number of primary amides is 1. The number of nitrogens with zero attached hydrogens (tertiary/aromatic N) is 4. The average molecular weight is 592 g/mol. The smallest absolute Gasteiger partial charge is 0.224 e. The first kappa shape index (κ1) is 30.0. The Labute approximate surface area is 249 Å². The number of rotatable bonds is 8.